The van der Waals surface area contributed by atoms with Crippen LogP contribution in [0, 0.1) is 0 Å². The van der Waals surface area contributed by atoms with Crippen molar-refractivity contribution < 1.29 is 9.90 Å². The standard InChI is InChI=1S/C11H14O2/c1-9(13)11-6-4-10(5-7-11)3-2-8-12/h4-7,12H,2-3,8H2,1H3. The number of carbonyl (C=O) groups excluding carboxylic acids is 1. The van der Waals surface area contributed by atoms with Gasteiger partial charge in [-0.1, -0.05) is 24.3 Å². The smallest absolute Gasteiger partial charge is 0.159 e. The average Bonchev–Trinajstić information content (AvgIpc) is 2.15. The Labute approximate surface area is 78.2 Å². The fraction of sp³-hybridized carbons (Fsp3) is 0.364. The minimum Gasteiger partial charge on any atom is -0.396 e. The molecule has 0 spiro atoms. The van der Waals surface area contributed by atoms with Crippen molar-refractivity contribution in [2.45, 2.75) is 19.8 Å². The Bertz CT molecular complexity index is 275. The molecular weight excluding hydrogens is 164 g/mol. The van der Waals surface area contributed by atoms with Crippen molar-refractivity contribution in [1.82, 2.24) is 0 Å². The zero-order chi connectivity index (χ0) is 9.68. The van der Waals surface area contributed by atoms with Gasteiger partial charge in [0.15, 0.2) is 5.78 Å². The molecule has 0 aliphatic rings. The van der Waals surface area contributed by atoms with Crippen LogP contribution in [0.2, 0.25) is 0 Å². The normalized spacial score (nSPS) is 10.0. The van der Waals surface area contributed by atoms with E-state index in [1.165, 1.54) is 5.56 Å². The monoisotopic (exact) mass is 178 g/mol. The summed E-state index contributed by atoms with van der Waals surface area (Å²) < 4.78 is 0. The Balaban J connectivity index is 2.64. The Hall–Kier alpha value is -1.15. The number of hydrogen-bond donors (Lipinski definition) is 1. The zero-order valence-corrected chi connectivity index (χ0v) is 7.79. The van der Waals surface area contributed by atoms with Gasteiger partial charge in [-0.05, 0) is 25.3 Å². The first-order valence-electron chi connectivity index (χ1n) is 4.45. The molecule has 0 unspecified atom stereocenters. The summed E-state index contributed by atoms with van der Waals surface area (Å²) >= 11 is 0. The highest BCUT2D eigenvalue weighted by Crippen LogP contribution is 2.06. The van der Waals surface area contributed by atoms with Gasteiger partial charge in [0.25, 0.3) is 0 Å². The molecule has 0 saturated heterocycles. The highest BCUT2D eigenvalue weighted by Gasteiger charge is 1.98. The summed E-state index contributed by atoms with van der Waals surface area (Å²) in [5.74, 6) is 0.0914. The third-order valence-corrected chi connectivity index (χ3v) is 1.98. The van der Waals surface area contributed by atoms with Crippen LogP contribution >= 0.6 is 0 Å². The van der Waals surface area contributed by atoms with E-state index in [4.69, 9.17) is 5.11 Å². The van der Waals surface area contributed by atoms with E-state index in [1.807, 2.05) is 24.3 Å². The van der Waals surface area contributed by atoms with E-state index in [0.717, 1.165) is 18.4 Å². The van der Waals surface area contributed by atoms with Crippen LogP contribution in [0.5, 0.6) is 0 Å². The summed E-state index contributed by atoms with van der Waals surface area (Å²) in [6.07, 6.45) is 1.65. The summed E-state index contributed by atoms with van der Waals surface area (Å²) in [6.45, 7) is 1.77. The van der Waals surface area contributed by atoms with E-state index in [-0.39, 0.29) is 12.4 Å². The molecule has 0 radical (unpaired) electrons. The first-order chi connectivity index (χ1) is 6.24. The van der Waals surface area contributed by atoms with Crippen molar-refractivity contribution in [1.29, 1.82) is 0 Å². The molecule has 0 aliphatic heterocycles. The summed E-state index contributed by atoms with van der Waals surface area (Å²) in [4.78, 5) is 10.9. The number of rotatable bonds is 4. The largest absolute Gasteiger partial charge is 0.396 e. The highest BCUT2D eigenvalue weighted by atomic mass is 16.2. The van der Waals surface area contributed by atoms with Crippen molar-refractivity contribution in [2.75, 3.05) is 6.61 Å². The topological polar surface area (TPSA) is 37.3 Å². The Morgan fingerprint density at radius 3 is 2.38 bits per heavy atom. The molecule has 0 saturated carbocycles. The lowest BCUT2D eigenvalue weighted by Crippen LogP contribution is -1.93. The zero-order valence-electron chi connectivity index (χ0n) is 7.79. The van der Waals surface area contributed by atoms with Crippen molar-refractivity contribution in [3.63, 3.8) is 0 Å². The molecule has 1 aromatic carbocycles. The number of Topliss-reactive ketones (excluding diaryl/α,β-unsaturated/α-hetero) is 1. The molecule has 70 valence electrons. The van der Waals surface area contributed by atoms with Crippen molar-refractivity contribution in [3.05, 3.63) is 35.4 Å². The quantitative estimate of drug-likeness (QED) is 0.714. The molecule has 1 aromatic rings. The first-order valence-corrected chi connectivity index (χ1v) is 4.45. The van der Waals surface area contributed by atoms with E-state index in [1.54, 1.807) is 6.92 Å². The van der Waals surface area contributed by atoms with Gasteiger partial charge in [-0.2, -0.15) is 0 Å². The molecule has 0 atom stereocenters. The van der Waals surface area contributed by atoms with Crippen LogP contribution in [0.3, 0.4) is 0 Å². The molecule has 0 bridgehead atoms. The summed E-state index contributed by atoms with van der Waals surface area (Å²) in [5, 5.41) is 8.62. The van der Waals surface area contributed by atoms with Gasteiger partial charge in [0.05, 0.1) is 0 Å². The molecular formula is C11H14O2. The summed E-state index contributed by atoms with van der Waals surface area (Å²) in [6, 6.07) is 7.53. The van der Waals surface area contributed by atoms with Crippen LogP contribution in [-0.2, 0) is 6.42 Å². The molecule has 13 heavy (non-hydrogen) atoms. The van der Waals surface area contributed by atoms with Crippen LogP contribution in [0.1, 0.15) is 29.3 Å². The lowest BCUT2D eigenvalue weighted by atomic mass is 10.1. The van der Waals surface area contributed by atoms with E-state index >= 15 is 0 Å². The molecule has 0 fully saturated rings. The lowest BCUT2D eigenvalue weighted by Gasteiger charge is -2.00. The first kappa shape index (κ1) is 9.93. The van der Waals surface area contributed by atoms with E-state index in [9.17, 15) is 4.79 Å². The van der Waals surface area contributed by atoms with Gasteiger partial charge in [0.2, 0.25) is 0 Å². The Kier molecular flexibility index (Phi) is 3.65. The van der Waals surface area contributed by atoms with Crippen LogP contribution in [-0.4, -0.2) is 17.5 Å². The average molecular weight is 178 g/mol. The van der Waals surface area contributed by atoms with Crippen molar-refractivity contribution >= 4 is 5.78 Å². The van der Waals surface area contributed by atoms with Gasteiger partial charge in [-0.25, -0.2) is 0 Å². The minimum atomic E-state index is 0.0914. The maximum atomic E-state index is 10.9. The Morgan fingerprint density at radius 1 is 1.31 bits per heavy atom. The SMILES string of the molecule is CC(=O)c1ccc(CCCO)cc1. The van der Waals surface area contributed by atoms with Crippen LogP contribution < -0.4 is 0 Å². The van der Waals surface area contributed by atoms with E-state index in [2.05, 4.69) is 0 Å². The molecule has 1 N–H and O–H groups in total. The summed E-state index contributed by atoms with van der Waals surface area (Å²) in [5.41, 5.74) is 1.91. The fourth-order valence-corrected chi connectivity index (χ4v) is 1.19. The number of benzene rings is 1. The Morgan fingerprint density at radius 2 is 1.92 bits per heavy atom. The minimum absolute atomic E-state index is 0.0914. The summed E-state index contributed by atoms with van der Waals surface area (Å²) in [7, 11) is 0. The second-order valence-corrected chi connectivity index (χ2v) is 3.08. The number of aryl methyl sites for hydroxylation is 1. The molecule has 2 nitrogen and oxygen atoms in total. The maximum Gasteiger partial charge on any atom is 0.159 e. The molecule has 0 aromatic heterocycles. The number of ketones is 1. The molecule has 2 heteroatoms. The van der Waals surface area contributed by atoms with E-state index in [0.29, 0.717) is 0 Å². The second-order valence-electron chi connectivity index (χ2n) is 3.08. The van der Waals surface area contributed by atoms with E-state index < -0.39 is 0 Å². The third-order valence-electron chi connectivity index (χ3n) is 1.98. The second kappa shape index (κ2) is 4.77. The van der Waals surface area contributed by atoms with Gasteiger partial charge in [0, 0.05) is 12.2 Å². The number of aliphatic hydroxyl groups excluding tert-OH is 1. The number of hydrogen-bond acceptors (Lipinski definition) is 2. The van der Waals surface area contributed by atoms with Gasteiger partial charge >= 0.3 is 0 Å². The number of aliphatic hydroxyl groups is 1. The van der Waals surface area contributed by atoms with Gasteiger partial charge in [0.1, 0.15) is 0 Å². The molecule has 1 rings (SSSR count). The fourth-order valence-electron chi connectivity index (χ4n) is 1.19. The van der Waals surface area contributed by atoms with Crippen LogP contribution in [0.4, 0.5) is 0 Å². The van der Waals surface area contributed by atoms with Gasteiger partial charge < -0.3 is 5.11 Å². The van der Waals surface area contributed by atoms with Crippen molar-refractivity contribution in [3.8, 4) is 0 Å². The van der Waals surface area contributed by atoms with Gasteiger partial charge in [-0.15, -0.1) is 0 Å². The third kappa shape index (κ3) is 2.99. The molecule has 0 amide bonds. The molecule has 0 heterocycles. The van der Waals surface area contributed by atoms with Crippen LogP contribution in [0.25, 0.3) is 0 Å². The predicted octanol–water partition coefficient (Wildman–Crippen LogP) is 1.81. The predicted molar refractivity (Wildman–Crippen MR) is 51.9 cm³/mol. The highest BCUT2D eigenvalue weighted by molar-refractivity contribution is 5.93. The number of carbonyl (C=O) groups is 1. The molecule has 0 aliphatic carbocycles. The lowest BCUT2D eigenvalue weighted by molar-refractivity contribution is 0.101. The maximum absolute atomic E-state index is 10.9. The van der Waals surface area contributed by atoms with Crippen LogP contribution in [0.15, 0.2) is 24.3 Å². The van der Waals surface area contributed by atoms with Gasteiger partial charge in [-0.3, -0.25) is 4.79 Å². The van der Waals surface area contributed by atoms with Crippen molar-refractivity contribution in [2.24, 2.45) is 0 Å².